The van der Waals surface area contributed by atoms with Gasteiger partial charge in [-0.15, -0.1) is 11.3 Å². The molecule has 10 heteroatoms. The number of hydrogen-bond acceptors (Lipinski definition) is 6. The van der Waals surface area contributed by atoms with Crippen LogP contribution in [0.3, 0.4) is 0 Å². The molecular formula is C18H24N4O4S2. The fraction of sp³-hybridized carbons (Fsp3) is 0.389. The van der Waals surface area contributed by atoms with E-state index in [0.717, 1.165) is 9.18 Å². The van der Waals surface area contributed by atoms with E-state index >= 15 is 0 Å². The Morgan fingerprint density at radius 1 is 1.18 bits per heavy atom. The number of sulfonamides is 1. The van der Waals surface area contributed by atoms with Gasteiger partial charge < -0.3 is 10.6 Å². The highest BCUT2D eigenvalue weighted by atomic mass is 32.2. The fourth-order valence-corrected chi connectivity index (χ4v) is 4.69. The molecule has 1 heterocycles. The number of amides is 2. The van der Waals surface area contributed by atoms with Crippen molar-refractivity contribution in [1.29, 1.82) is 0 Å². The quantitative estimate of drug-likeness (QED) is 0.677. The molecule has 1 aromatic heterocycles. The average molecular weight is 425 g/mol. The van der Waals surface area contributed by atoms with E-state index in [2.05, 4.69) is 15.6 Å². The van der Waals surface area contributed by atoms with Crippen molar-refractivity contribution in [1.82, 2.24) is 9.29 Å². The lowest BCUT2D eigenvalue weighted by atomic mass is 10.2. The summed E-state index contributed by atoms with van der Waals surface area (Å²) in [6.07, 6.45) is 1.64. The van der Waals surface area contributed by atoms with Crippen LogP contribution in [0.5, 0.6) is 0 Å². The Hall–Kier alpha value is -2.30. The second-order valence-corrected chi connectivity index (χ2v) is 9.89. The number of carbonyl (C=O) groups is 2. The summed E-state index contributed by atoms with van der Waals surface area (Å²) < 4.78 is 27.2. The van der Waals surface area contributed by atoms with Gasteiger partial charge in [0.25, 0.3) is 0 Å². The summed E-state index contributed by atoms with van der Waals surface area (Å²) in [5.41, 5.74) is 0.499. The molecule has 0 spiro atoms. The van der Waals surface area contributed by atoms with Crippen molar-refractivity contribution in [3.05, 3.63) is 35.3 Å². The maximum atomic E-state index is 13.0. The van der Waals surface area contributed by atoms with Gasteiger partial charge in [0.05, 0.1) is 11.4 Å². The summed E-state index contributed by atoms with van der Waals surface area (Å²) in [5, 5.41) is 5.66. The lowest BCUT2D eigenvalue weighted by Crippen LogP contribution is -2.40. The number of nitrogens with one attached hydrogen (secondary N) is 2. The monoisotopic (exact) mass is 424 g/mol. The summed E-state index contributed by atoms with van der Waals surface area (Å²) in [7, 11) is -3.88. The SMILES string of the molecule is CC(=O)Nc1ccc(S(=O)(=O)N(CC(=O)Nc2ncc(C)s2)CC(C)C)cc1. The highest BCUT2D eigenvalue weighted by Gasteiger charge is 2.27. The van der Waals surface area contributed by atoms with Crippen LogP contribution < -0.4 is 10.6 Å². The molecule has 0 aliphatic rings. The van der Waals surface area contributed by atoms with Crippen LogP contribution >= 0.6 is 11.3 Å². The van der Waals surface area contributed by atoms with Crippen LogP contribution in [0.2, 0.25) is 0 Å². The van der Waals surface area contributed by atoms with Gasteiger partial charge in [-0.3, -0.25) is 9.59 Å². The van der Waals surface area contributed by atoms with Gasteiger partial charge in [-0.2, -0.15) is 4.31 Å². The summed E-state index contributed by atoms with van der Waals surface area (Å²) in [5.74, 6) is -0.664. The second-order valence-electron chi connectivity index (χ2n) is 6.72. The maximum Gasteiger partial charge on any atom is 0.243 e. The molecule has 8 nitrogen and oxygen atoms in total. The van der Waals surface area contributed by atoms with Gasteiger partial charge in [-0.25, -0.2) is 13.4 Å². The predicted octanol–water partition coefficient (Wildman–Crippen LogP) is 2.70. The third kappa shape index (κ3) is 6.11. The Morgan fingerprint density at radius 3 is 2.32 bits per heavy atom. The normalized spacial score (nSPS) is 11.6. The first-order valence-electron chi connectivity index (χ1n) is 8.68. The fourth-order valence-electron chi connectivity index (χ4n) is 2.45. The number of benzene rings is 1. The van der Waals surface area contributed by atoms with Gasteiger partial charge in [-0.1, -0.05) is 13.8 Å². The minimum atomic E-state index is -3.88. The van der Waals surface area contributed by atoms with E-state index in [1.807, 2.05) is 20.8 Å². The number of carbonyl (C=O) groups excluding carboxylic acids is 2. The number of aromatic nitrogens is 1. The first kappa shape index (κ1) is 22.0. The van der Waals surface area contributed by atoms with Crippen molar-refractivity contribution in [2.24, 2.45) is 5.92 Å². The van der Waals surface area contributed by atoms with Crippen LogP contribution in [0.4, 0.5) is 10.8 Å². The first-order valence-corrected chi connectivity index (χ1v) is 10.9. The summed E-state index contributed by atoms with van der Waals surface area (Å²) in [6, 6.07) is 5.85. The van der Waals surface area contributed by atoms with Crippen molar-refractivity contribution in [2.75, 3.05) is 23.7 Å². The molecule has 0 fully saturated rings. The number of thiazole rings is 1. The number of aryl methyl sites for hydroxylation is 1. The molecule has 1 aromatic carbocycles. The molecule has 0 atom stereocenters. The van der Waals surface area contributed by atoms with Gasteiger partial charge in [0.1, 0.15) is 0 Å². The van der Waals surface area contributed by atoms with E-state index in [-0.39, 0.29) is 29.8 Å². The Kier molecular flexibility index (Phi) is 7.28. The van der Waals surface area contributed by atoms with E-state index in [9.17, 15) is 18.0 Å². The Balaban J connectivity index is 2.19. The Bertz CT molecular complexity index is 937. The molecule has 0 radical (unpaired) electrons. The van der Waals surface area contributed by atoms with Crippen LogP contribution in [0.1, 0.15) is 25.6 Å². The van der Waals surface area contributed by atoms with E-state index in [4.69, 9.17) is 0 Å². The predicted molar refractivity (Wildman–Crippen MR) is 110 cm³/mol. The van der Waals surface area contributed by atoms with Crippen LogP contribution in [0.25, 0.3) is 0 Å². The van der Waals surface area contributed by atoms with E-state index in [0.29, 0.717) is 10.8 Å². The van der Waals surface area contributed by atoms with Gasteiger partial charge in [-0.05, 0) is 37.1 Å². The number of hydrogen-bond donors (Lipinski definition) is 2. The third-order valence-corrected chi connectivity index (χ3v) is 6.22. The molecule has 28 heavy (non-hydrogen) atoms. The van der Waals surface area contributed by atoms with Crippen molar-refractivity contribution < 1.29 is 18.0 Å². The summed E-state index contributed by atoms with van der Waals surface area (Å²) >= 11 is 1.32. The number of rotatable bonds is 8. The van der Waals surface area contributed by atoms with E-state index < -0.39 is 15.9 Å². The smallest absolute Gasteiger partial charge is 0.243 e. The van der Waals surface area contributed by atoms with Crippen molar-refractivity contribution in [3.8, 4) is 0 Å². The van der Waals surface area contributed by atoms with Gasteiger partial charge in [0.2, 0.25) is 21.8 Å². The molecule has 0 saturated carbocycles. The molecule has 0 unspecified atom stereocenters. The lowest BCUT2D eigenvalue weighted by molar-refractivity contribution is -0.116. The lowest BCUT2D eigenvalue weighted by Gasteiger charge is -2.23. The molecular weight excluding hydrogens is 400 g/mol. The van der Waals surface area contributed by atoms with E-state index in [1.165, 1.54) is 42.5 Å². The van der Waals surface area contributed by atoms with E-state index in [1.54, 1.807) is 6.20 Å². The highest BCUT2D eigenvalue weighted by molar-refractivity contribution is 7.89. The zero-order valence-corrected chi connectivity index (χ0v) is 17.9. The van der Waals surface area contributed by atoms with Crippen LogP contribution in [0, 0.1) is 12.8 Å². The molecule has 0 bridgehead atoms. The minimum absolute atomic E-state index is 0.0309. The van der Waals surface area contributed by atoms with Crippen LogP contribution in [0.15, 0.2) is 35.4 Å². The summed E-state index contributed by atoms with van der Waals surface area (Å²) in [4.78, 5) is 28.5. The van der Waals surface area contributed by atoms with Gasteiger partial charge in [0, 0.05) is 30.2 Å². The molecule has 0 saturated heterocycles. The highest BCUT2D eigenvalue weighted by Crippen LogP contribution is 2.21. The van der Waals surface area contributed by atoms with Gasteiger partial charge >= 0.3 is 0 Å². The Morgan fingerprint density at radius 2 is 1.82 bits per heavy atom. The number of anilines is 2. The maximum absolute atomic E-state index is 13.0. The van der Waals surface area contributed by atoms with Gasteiger partial charge in [0.15, 0.2) is 5.13 Å². The molecule has 2 rings (SSSR count). The molecule has 0 aliphatic heterocycles. The zero-order chi connectivity index (χ0) is 20.9. The van der Waals surface area contributed by atoms with Crippen LogP contribution in [-0.4, -0.2) is 42.6 Å². The topological polar surface area (TPSA) is 108 Å². The molecule has 2 N–H and O–H groups in total. The third-order valence-electron chi connectivity index (χ3n) is 3.57. The summed E-state index contributed by atoms with van der Waals surface area (Å²) in [6.45, 7) is 6.88. The molecule has 152 valence electrons. The van der Waals surface area contributed by atoms with Crippen molar-refractivity contribution >= 4 is 44.0 Å². The van der Waals surface area contributed by atoms with Crippen molar-refractivity contribution in [3.63, 3.8) is 0 Å². The number of nitrogens with zero attached hydrogens (tertiary/aromatic N) is 2. The zero-order valence-electron chi connectivity index (χ0n) is 16.2. The molecule has 2 amide bonds. The second kappa shape index (κ2) is 9.26. The Labute approximate surface area is 169 Å². The van der Waals surface area contributed by atoms with Crippen molar-refractivity contribution in [2.45, 2.75) is 32.6 Å². The molecule has 2 aromatic rings. The largest absolute Gasteiger partial charge is 0.326 e. The molecule has 0 aliphatic carbocycles. The minimum Gasteiger partial charge on any atom is -0.326 e. The average Bonchev–Trinajstić information content (AvgIpc) is 2.98. The first-order chi connectivity index (χ1) is 13.1. The van der Waals surface area contributed by atoms with Crippen LogP contribution in [-0.2, 0) is 19.6 Å². The standard InChI is InChI=1S/C18H24N4O4S2/c1-12(2)10-22(11-17(24)21-18-19-9-13(3)27-18)28(25,26)16-7-5-15(6-8-16)20-14(4)23/h5-9,12H,10-11H2,1-4H3,(H,20,23)(H,19,21,24).